The minimum atomic E-state index is -0.362. The van der Waals surface area contributed by atoms with E-state index in [1.807, 2.05) is 6.07 Å². The SMILES string of the molecule is COc1ccc([C@@H]2SCC(=O)Nc3ncn(-c4cccc(F)c4)c32)cc1O. The number of halogens is 1. The molecule has 1 aromatic heterocycles. The van der Waals surface area contributed by atoms with E-state index in [4.69, 9.17) is 4.74 Å². The van der Waals surface area contributed by atoms with Crippen LogP contribution in [0, 0.1) is 5.82 Å². The van der Waals surface area contributed by atoms with Gasteiger partial charge in [-0.1, -0.05) is 12.1 Å². The van der Waals surface area contributed by atoms with Gasteiger partial charge in [0.2, 0.25) is 5.91 Å². The molecule has 2 aromatic carbocycles. The van der Waals surface area contributed by atoms with Crippen molar-refractivity contribution in [3.63, 3.8) is 0 Å². The number of hydrogen-bond acceptors (Lipinski definition) is 5. The van der Waals surface area contributed by atoms with Crippen molar-refractivity contribution in [1.82, 2.24) is 9.55 Å². The number of thioether (sulfide) groups is 1. The van der Waals surface area contributed by atoms with Gasteiger partial charge in [0.15, 0.2) is 17.3 Å². The molecule has 0 saturated carbocycles. The number of carbonyl (C=O) groups is 1. The number of phenolic OH excluding ortho intramolecular Hbond substituents is 1. The molecular formula is C19H16FN3O3S. The zero-order valence-corrected chi connectivity index (χ0v) is 15.2. The molecule has 1 amide bonds. The van der Waals surface area contributed by atoms with Gasteiger partial charge in [-0.05, 0) is 35.9 Å². The Morgan fingerprint density at radius 3 is 2.93 bits per heavy atom. The van der Waals surface area contributed by atoms with Gasteiger partial charge in [0.25, 0.3) is 0 Å². The molecule has 1 atom stereocenters. The number of nitrogens with one attached hydrogen (secondary N) is 1. The zero-order chi connectivity index (χ0) is 19.0. The molecule has 0 fully saturated rings. The number of carbonyl (C=O) groups excluding carboxylic acids is 1. The van der Waals surface area contributed by atoms with E-state index in [1.165, 1.54) is 31.0 Å². The molecule has 0 bridgehead atoms. The van der Waals surface area contributed by atoms with Crippen LogP contribution in [0.1, 0.15) is 16.5 Å². The summed E-state index contributed by atoms with van der Waals surface area (Å²) in [5.74, 6) is 0.513. The summed E-state index contributed by atoms with van der Waals surface area (Å²) in [6.45, 7) is 0. The Morgan fingerprint density at radius 2 is 2.19 bits per heavy atom. The maximum atomic E-state index is 13.7. The summed E-state index contributed by atoms with van der Waals surface area (Å²) in [6, 6.07) is 11.3. The van der Waals surface area contributed by atoms with Crippen molar-refractivity contribution in [2.24, 2.45) is 0 Å². The van der Waals surface area contributed by atoms with Gasteiger partial charge in [-0.2, -0.15) is 0 Å². The van der Waals surface area contributed by atoms with Gasteiger partial charge in [-0.15, -0.1) is 11.8 Å². The Kier molecular flexibility index (Phi) is 4.49. The number of imidazole rings is 1. The lowest BCUT2D eigenvalue weighted by atomic mass is 10.1. The molecule has 0 aliphatic carbocycles. The molecule has 2 heterocycles. The summed E-state index contributed by atoms with van der Waals surface area (Å²) in [5.41, 5.74) is 2.10. The number of ether oxygens (including phenoxy) is 1. The second-order valence-corrected chi connectivity index (χ2v) is 7.09. The number of aromatic hydroxyl groups is 1. The Bertz CT molecular complexity index is 1020. The largest absolute Gasteiger partial charge is 0.504 e. The predicted octanol–water partition coefficient (Wildman–Crippen LogP) is 3.50. The Hall–Kier alpha value is -3.00. The van der Waals surface area contributed by atoms with Crippen LogP contribution in [0.3, 0.4) is 0 Å². The van der Waals surface area contributed by atoms with E-state index in [0.717, 1.165) is 5.56 Å². The zero-order valence-electron chi connectivity index (χ0n) is 14.3. The highest BCUT2D eigenvalue weighted by atomic mass is 32.2. The summed E-state index contributed by atoms with van der Waals surface area (Å²) < 4.78 is 20.6. The highest BCUT2D eigenvalue weighted by Gasteiger charge is 2.29. The Balaban J connectivity index is 1.87. The number of aromatic nitrogens is 2. The van der Waals surface area contributed by atoms with E-state index in [0.29, 0.717) is 22.9 Å². The second kappa shape index (κ2) is 6.96. The van der Waals surface area contributed by atoms with Crippen LogP contribution in [-0.2, 0) is 4.79 Å². The lowest BCUT2D eigenvalue weighted by Crippen LogP contribution is -2.12. The van der Waals surface area contributed by atoms with E-state index in [-0.39, 0.29) is 28.5 Å². The first-order valence-corrected chi connectivity index (χ1v) is 9.23. The average Bonchev–Trinajstić information content (AvgIpc) is 2.98. The maximum absolute atomic E-state index is 13.7. The van der Waals surface area contributed by atoms with E-state index >= 15 is 0 Å². The molecule has 1 aliphatic rings. The molecule has 0 spiro atoms. The standard InChI is InChI=1S/C19H16FN3O3S/c1-26-15-6-5-11(7-14(15)24)18-17-19(22-16(25)9-27-18)21-10-23(17)13-4-2-3-12(20)8-13/h2-8,10,18,24H,9H2,1H3,(H,22,25)/t18-/m0/s1. The topological polar surface area (TPSA) is 76.4 Å². The van der Waals surface area contributed by atoms with Crippen LogP contribution in [0.2, 0.25) is 0 Å². The highest BCUT2D eigenvalue weighted by molar-refractivity contribution is 8.00. The monoisotopic (exact) mass is 385 g/mol. The van der Waals surface area contributed by atoms with Gasteiger partial charge in [0.05, 0.1) is 23.8 Å². The van der Waals surface area contributed by atoms with Crippen LogP contribution in [0.4, 0.5) is 10.2 Å². The van der Waals surface area contributed by atoms with Crippen molar-refractivity contribution in [3.05, 3.63) is 65.9 Å². The summed E-state index contributed by atoms with van der Waals surface area (Å²) in [6.07, 6.45) is 1.56. The number of fused-ring (bicyclic) bond motifs is 1. The fourth-order valence-corrected chi connectivity index (χ4v) is 4.18. The van der Waals surface area contributed by atoms with Crippen molar-refractivity contribution in [3.8, 4) is 17.2 Å². The molecule has 138 valence electrons. The van der Waals surface area contributed by atoms with E-state index in [1.54, 1.807) is 35.2 Å². The molecule has 0 radical (unpaired) electrons. The van der Waals surface area contributed by atoms with Crippen LogP contribution >= 0.6 is 11.8 Å². The third-order valence-corrected chi connectivity index (χ3v) is 5.54. The third kappa shape index (κ3) is 3.23. The minimum absolute atomic E-state index is 0.0116. The third-order valence-electron chi connectivity index (χ3n) is 4.28. The first kappa shape index (κ1) is 17.4. The number of rotatable bonds is 3. The molecule has 27 heavy (non-hydrogen) atoms. The van der Waals surface area contributed by atoms with Crippen LogP contribution in [0.5, 0.6) is 11.5 Å². The number of anilines is 1. The molecule has 1 aliphatic heterocycles. The number of methoxy groups -OCH3 is 1. The first-order chi connectivity index (χ1) is 13.1. The molecule has 6 nitrogen and oxygen atoms in total. The highest BCUT2D eigenvalue weighted by Crippen LogP contribution is 2.43. The first-order valence-electron chi connectivity index (χ1n) is 8.18. The van der Waals surface area contributed by atoms with Gasteiger partial charge in [-0.3, -0.25) is 9.36 Å². The van der Waals surface area contributed by atoms with Gasteiger partial charge in [0.1, 0.15) is 12.1 Å². The van der Waals surface area contributed by atoms with E-state index in [9.17, 15) is 14.3 Å². The summed E-state index contributed by atoms with van der Waals surface area (Å²) in [4.78, 5) is 16.4. The van der Waals surface area contributed by atoms with Crippen molar-refractivity contribution in [2.45, 2.75) is 5.25 Å². The molecule has 8 heteroatoms. The Labute approximate surface area is 159 Å². The number of nitrogens with zero attached hydrogens (tertiary/aromatic N) is 2. The number of benzene rings is 2. The number of amides is 1. The van der Waals surface area contributed by atoms with Gasteiger partial charge >= 0.3 is 0 Å². The van der Waals surface area contributed by atoms with Crippen molar-refractivity contribution in [2.75, 3.05) is 18.2 Å². The molecule has 0 saturated heterocycles. The normalized spacial score (nSPS) is 16.4. The smallest absolute Gasteiger partial charge is 0.235 e. The number of phenols is 1. The molecule has 3 aromatic rings. The molecule has 2 N–H and O–H groups in total. The van der Waals surface area contributed by atoms with Crippen molar-refractivity contribution >= 4 is 23.5 Å². The lowest BCUT2D eigenvalue weighted by molar-refractivity contribution is -0.113. The van der Waals surface area contributed by atoms with Gasteiger partial charge in [0, 0.05) is 5.69 Å². The summed E-state index contributed by atoms with van der Waals surface area (Å²) >= 11 is 1.41. The summed E-state index contributed by atoms with van der Waals surface area (Å²) in [5, 5.41) is 12.7. The van der Waals surface area contributed by atoms with Crippen LogP contribution < -0.4 is 10.1 Å². The fourth-order valence-electron chi connectivity index (χ4n) is 3.07. The van der Waals surface area contributed by atoms with E-state index < -0.39 is 0 Å². The predicted molar refractivity (Wildman–Crippen MR) is 101 cm³/mol. The molecule has 0 unspecified atom stereocenters. The van der Waals surface area contributed by atoms with Gasteiger partial charge < -0.3 is 15.2 Å². The van der Waals surface area contributed by atoms with Gasteiger partial charge in [-0.25, -0.2) is 9.37 Å². The average molecular weight is 385 g/mol. The molecule has 4 rings (SSSR count). The van der Waals surface area contributed by atoms with Crippen molar-refractivity contribution < 1.29 is 19.0 Å². The van der Waals surface area contributed by atoms with Crippen LogP contribution in [0.25, 0.3) is 5.69 Å². The summed E-state index contributed by atoms with van der Waals surface area (Å²) in [7, 11) is 1.48. The minimum Gasteiger partial charge on any atom is -0.504 e. The maximum Gasteiger partial charge on any atom is 0.235 e. The second-order valence-electron chi connectivity index (χ2n) is 6.00. The van der Waals surface area contributed by atoms with Crippen LogP contribution in [-0.4, -0.2) is 33.4 Å². The fraction of sp³-hybridized carbons (Fsp3) is 0.158. The van der Waals surface area contributed by atoms with Crippen LogP contribution in [0.15, 0.2) is 48.8 Å². The lowest BCUT2D eigenvalue weighted by Gasteiger charge is -2.19. The molecular weight excluding hydrogens is 369 g/mol. The Morgan fingerprint density at radius 1 is 1.33 bits per heavy atom. The van der Waals surface area contributed by atoms with Crippen molar-refractivity contribution in [1.29, 1.82) is 0 Å². The quantitative estimate of drug-likeness (QED) is 0.722. The van der Waals surface area contributed by atoms with E-state index in [2.05, 4.69) is 10.3 Å². The number of hydrogen-bond donors (Lipinski definition) is 2.